The zero-order valence-electron chi connectivity index (χ0n) is 9.41. The van der Waals surface area contributed by atoms with Crippen LogP contribution in [0.1, 0.15) is 16.1 Å². The number of halogens is 2. The van der Waals surface area contributed by atoms with Crippen LogP contribution >= 0.6 is 15.9 Å². The number of carbonyl (C=O) groups excluding carboxylic acids is 1. The number of nitrogens with one attached hydrogen (secondary N) is 2. The zero-order valence-corrected chi connectivity index (χ0v) is 11.0. The molecule has 2 aromatic rings. The molecule has 0 bridgehead atoms. The molecule has 2 N–H and O–H groups in total. The largest absolute Gasteiger partial charge is 0.352 e. The lowest BCUT2D eigenvalue weighted by atomic mass is 10.2. The SMILES string of the molecule is O=C(NCCc1cnc[nH]1)c1ccc(Br)c(F)c1. The van der Waals surface area contributed by atoms with Gasteiger partial charge in [0.25, 0.3) is 5.91 Å². The number of imidazole rings is 1. The molecule has 0 unspecified atom stereocenters. The van der Waals surface area contributed by atoms with E-state index in [0.29, 0.717) is 23.0 Å². The van der Waals surface area contributed by atoms with Crippen LogP contribution in [0.3, 0.4) is 0 Å². The smallest absolute Gasteiger partial charge is 0.251 e. The van der Waals surface area contributed by atoms with E-state index in [-0.39, 0.29) is 5.91 Å². The molecule has 18 heavy (non-hydrogen) atoms. The van der Waals surface area contributed by atoms with Crippen LogP contribution in [0.2, 0.25) is 0 Å². The van der Waals surface area contributed by atoms with Crippen molar-refractivity contribution in [1.29, 1.82) is 0 Å². The normalized spacial score (nSPS) is 10.3. The van der Waals surface area contributed by atoms with Gasteiger partial charge in [0.05, 0.1) is 10.8 Å². The van der Waals surface area contributed by atoms with Gasteiger partial charge in [-0.1, -0.05) is 0 Å². The standard InChI is InChI=1S/C12H11BrFN3O/c13-10-2-1-8(5-11(10)14)12(18)16-4-3-9-6-15-7-17-9/h1-2,5-7H,3-4H2,(H,15,17)(H,16,18). The minimum absolute atomic E-state index is 0.291. The van der Waals surface area contributed by atoms with Crippen molar-refractivity contribution in [3.63, 3.8) is 0 Å². The first kappa shape index (κ1) is 12.8. The maximum absolute atomic E-state index is 13.2. The summed E-state index contributed by atoms with van der Waals surface area (Å²) in [6.07, 6.45) is 3.94. The number of nitrogens with zero attached hydrogens (tertiary/aromatic N) is 1. The fourth-order valence-electron chi connectivity index (χ4n) is 1.47. The number of aromatic nitrogens is 2. The molecule has 94 valence electrons. The highest BCUT2D eigenvalue weighted by Gasteiger charge is 2.08. The third-order valence-electron chi connectivity index (χ3n) is 2.42. The first-order valence-electron chi connectivity index (χ1n) is 5.37. The number of H-pyrrole nitrogens is 1. The number of hydrogen-bond donors (Lipinski definition) is 2. The van der Waals surface area contributed by atoms with Crippen LogP contribution in [0.5, 0.6) is 0 Å². The number of hydrogen-bond acceptors (Lipinski definition) is 2. The van der Waals surface area contributed by atoms with Crippen LogP contribution in [0.15, 0.2) is 35.2 Å². The van der Waals surface area contributed by atoms with E-state index in [9.17, 15) is 9.18 Å². The Bertz CT molecular complexity index is 542. The van der Waals surface area contributed by atoms with Gasteiger partial charge in [-0.05, 0) is 34.1 Å². The molecule has 0 aliphatic heterocycles. The Hall–Kier alpha value is -1.69. The number of carbonyl (C=O) groups is 1. The molecule has 0 aliphatic rings. The molecular weight excluding hydrogens is 301 g/mol. The van der Waals surface area contributed by atoms with Crippen LogP contribution in [0.4, 0.5) is 4.39 Å². The van der Waals surface area contributed by atoms with Gasteiger partial charge >= 0.3 is 0 Å². The molecule has 4 nitrogen and oxygen atoms in total. The second-order valence-corrected chi connectivity index (χ2v) is 4.57. The van der Waals surface area contributed by atoms with E-state index in [1.54, 1.807) is 18.6 Å². The summed E-state index contributed by atoms with van der Waals surface area (Å²) in [6, 6.07) is 4.29. The third-order valence-corrected chi connectivity index (χ3v) is 3.06. The van der Waals surface area contributed by atoms with Crippen LogP contribution in [-0.2, 0) is 6.42 Å². The minimum atomic E-state index is -0.448. The summed E-state index contributed by atoms with van der Waals surface area (Å²) in [7, 11) is 0. The van der Waals surface area contributed by atoms with Crippen LogP contribution in [-0.4, -0.2) is 22.4 Å². The van der Waals surface area contributed by atoms with Gasteiger partial charge in [0, 0.05) is 30.4 Å². The van der Waals surface area contributed by atoms with Crippen molar-refractivity contribution in [2.75, 3.05) is 6.54 Å². The molecular formula is C12H11BrFN3O. The molecule has 0 saturated heterocycles. The van der Waals surface area contributed by atoms with Gasteiger partial charge in [0.15, 0.2) is 0 Å². The number of aromatic amines is 1. The molecule has 0 atom stereocenters. The lowest BCUT2D eigenvalue weighted by molar-refractivity contribution is 0.0953. The van der Waals surface area contributed by atoms with Crippen LogP contribution < -0.4 is 5.32 Å². The van der Waals surface area contributed by atoms with Crippen molar-refractivity contribution in [3.05, 3.63) is 52.3 Å². The van der Waals surface area contributed by atoms with Gasteiger partial charge in [-0.2, -0.15) is 0 Å². The predicted molar refractivity (Wildman–Crippen MR) is 68.7 cm³/mol. The molecule has 0 aliphatic carbocycles. The maximum Gasteiger partial charge on any atom is 0.251 e. The average molecular weight is 312 g/mol. The van der Waals surface area contributed by atoms with E-state index in [1.165, 1.54) is 12.1 Å². The predicted octanol–water partition coefficient (Wildman–Crippen LogP) is 2.28. The van der Waals surface area contributed by atoms with Crippen molar-refractivity contribution < 1.29 is 9.18 Å². The second-order valence-electron chi connectivity index (χ2n) is 3.71. The van der Waals surface area contributed by atoms with Crippen molar-refractivity contribution in [1.82, 2.24) is 15.3 Å². The van der Waals surface area contributed by atoms with Gasteiger partial charge in [-0.3, -0.25) is 4.79 Å². The zero-order chi connectivity index (χ0) is 13.0. The molecule has 1 heterocycles. The highest BCUT2D eigenvalue weighted by Crippen LogP contribution is 2.16. The van der Waals surface area contributed by atoms with E-state index in [4.69, 9.17) is 0 Å². The van der Waals surface area contributed by atoms with Gasteiger partial charge in [-0.15, -0.1) is 0 Å². The summed E-state index contributed by atoms with van der Waals surface area (Å²) in [5, 5.41) is 2.72. The molecule has 6 heteroatoms. The monoisotopic (exact) mass is 311 g/mol. The molecule has 1 amide bonds. The molecule has 0 radical (unpaired) electrons. The Morgan fingerprint density at radius 1 is 1.50 bits per heavy atom. The number of rotatable bonds is 4. The molecule has 1 aromatic carbocycles. The number of benzene rings is 1. The fraction of sp³-hybridized carbons (Fsp3) is 0.167. The number of amides is 1. The summed E-state index contributed by atoms with van der Waals surface area (Å²) in [5.74, 6) is -0.739. The Balaban J connectivity index is 1.89. The van der Waals surface area contributed by atoms with Crippen molar-refractivity contribution in [2.45, 2.75) is 6.42 Å². The van der Waals surface area contributed by atoms with Gasteiger partial charge in [0.1, 0.15) is 5.82 Å². The van der Waals surface area contributed by atoms with Crippen molar-refractivity contribution in [3.8, 4) is 0 Å². The van der Waals surface area contributed by atoms with E-state index < -0.39 is 5.82 Å². The third kappa shape index (κ3) is 3.16. The summed E-state index contributed by atoms with van der Waals surface area (Å²) in [5.41, 5.74) is 1.25. The Morgan fingerprint density at radius 3 is 3.00 bits per heavy atom. The van der Waals surface area contributed by atoms with E-state index in [2.05, 4.69) is 31.2 Å². The van der Waals surface area contributed by atoms with Crippen molar-refractivity contribution in [2.24, 2.45) is 0 Å². The van der Waals surface area contributed by atoms with Gasteiger partial charge < -0.3 is 10.3 Å². The lowest BCUT2D eigenvalue weighted by Gasteiger charge is -2.05. The summed E-state index contributed by atoms with van der Waals surface area (Å²) in [6.45, 7) is 0.471. The summed E-state index contributed by atoms with van der Waals surface area (Å²) in [4.78, 5) is 18.5. The minimum Gasteiger partial charge on any atom is -0.352 e. The molecule has 0 saturated carbocycles. The van der Waals surface area contributed by atoms with Crippen LogP contribution in [0, 0.1) is 5.82 Å². The van der Waals surface area contributed by atoms with Gasteiger partial charge in [-0.25, -0.2) is 9.37 Å². The van der Waals surface area contributed by atoms with Crippen molar-refractivity contribution >= 4 is 21.8 Å². The van der Waals surface area contributed by atoms with Crippen LogP contribution in [0.25, 0.3) is 0 Å². The first-order valence-corrected chi connectivity index (χ1v) is 6.16. The Kier molecular flexibility index (Phi) is 4.09. The molecule has 2 rings (SSSR count). The van der Waals surface area contributed by atoms with E-state index in [0.717, 1.165) is 5.69 Å². The fourth-order valence-corrected chi connectivity index (χ4v) is 1.72. The lowest BCUT2D eigenvalue weighted by Crippen LogP contribution is -2.25. The Morgan fingerprint density at radius 2 is 2.33 bits per heavy atom. The summed E-state index contributed by atoms with van der Waals surface area (Å²) < 4.78 is 13.6. The highest BCUT2D eigenvalue weighted by molar-refractivity contribution is 9.10. The second kappa shape index (κ2) is 5.77. The molecule has 1 aromatic heterocycles. The average Bonchev–Trinajstić information content (AvgIpc) is 2.85. The highest BCUT2D eigenvalue weighted by atomic mass is 79.9. The summed E-state index contributed by atoms with van der Waals surface area (Å²) >= 11 is 3.04. The topological polar surface area (TPSA) is 57.8 Å². The van der Waals surface area contributed by atoms with E-state index >= 15 is 0 Å². The molecule has 0 spiro atoms. The van der Waals surface area contributed by atoms with Gasteiger partial charge in [0.2, 0.25) is 0 Å². The van der Waals surface area contributed by atoms with E-state index in [1.807, 2.05) is 0 Å². The Labute approximate surface area is 112 Å². The molecule has 0 fully saturated rings. The first-order chi connectivity index (χ1) is 8.66. The maximum atomic E-state index is 13.2. The quantitative estimate of drug-likeness (QED) is 0.910.